The van der Waals surface area contributed by atoms with Crippen LogP contribution in [0, 0.1) is 0 Å². The van der Waals surface area contributed by atoms with Crippen molar-refractivity contribution < 1.29 is 13.2 Å². The second-order valence-corrected chi connectivity index (χ2v) is 8.38. The Bertz CT molecular complexity index is 912. The van der Waals surface area contributed by atoms with E-state index in [-0.39, 0.29) is 5.91 Å². The third-order valence-electron chi connectivity index (χ3n) is 4.20. The lowest BCUT2D eigenvalue weighted by molar-refractivity contribution is -0.116. The predicted octanol–water partition coefficient (Wildman–Crippen LogP) is 3.23. The molecular formula is C18H19ClN2O3S. The Kier molecular flexibility index (Phi) is 5.01. The number of hydrogen-bond acceptors (Lipinski definition) is 3. The van der Waals surface area contributed by atoms with Crippen LogP contribution in [0.3, 0.4) is 0 Å². The van der Waals surface area contributed by atoms with Crippen LogP contribution in [-0.2, 0) is 27.7 Å². The summed E-state index contributed by atoms with van der Waals surface area (Å²) in [6.45, 7) is 0.443. The van der Waals surface area contributed by atoms with E-state index in [9.17, 15) is 13.2 Å². The Morgan fingerprint density at radius 3 is 2.72 bits per heavy atom. The predicted molar refractivity (Wildman–Crippen MR) is 101 cm³/mol. The second kappa shape index (κ2) is 7.06. The summed E-state index contributed by atoms with van der Waals surface area (Å²) in [4.78, 5) is 12.2. The van der Waals surface area contributed by atoms with Gasteiger partial charge in [0.15, 0.2) is 0 Å². The summed E-state index contributed by atoms with van der Waals surface area (Å²) in [5.41, 5.74) is 3.24. The topological polar surface area (TPSA) is 66.5 Å². The number of anilines is 2. The van der Waals surface area contributed by atoms with Crippen molar-refractivity contribution in [1.82, 2.24) is 0 Å². The Balaban J connectivity index is 1.64. The fourth-order valence-corrected chi connectivity index (χ4v) is 4.16. The second-order valence-electron chi connectivity index (χ2n) is 6.07. The zero-order valence-corrected chi connectivity index (χ0v) is 15.4. The zero-order chi connectivity index (χ0) is 18.0. The van der Waals surface area contributed by atoms with Crippen molar-refractivity contribution in [1.29, 1.82) is 0 Å². The minimum atomic E-state index is -3.26. The molecule has 0 saturated carbocycles. The molecule has 25 heavy (non-hydrogen) atoms. The molecule has 0 aliphatic carbocycles. The molecule has 0 spiro atoms. The fourth-order valence-electron chi connectivity index (χ4n) is 2.97. The van der Waals surface area contributed by atoms with Gasteiger partial charge in [0.05, 0.1) is 11.9 Å². The van der Waals surface area contributed by atoms with Crippen LogP contribution in [0.1, 0.15) is 17.5 Å². The summed E-state index contributed by atoms with van der Waals surface area (Å²) in [6, 6.07) is 12.8. The van der Waals surface area contributed by atoms with E-state index < -0.39 is 10.0 Å². The highest BCUT2D eigenvalue weighted by atomic mass is 35.5. The summed E-state index contributed by atoms with van der Waals surface area (Å²) in [5.74, 6) is -0.0992. The first-order valence-electron chi connectivity index (χ1n) is 7.98. The number of fused-ring (bicyclic) bond motifs is 1. The highest BCUT2D eigenvalue weighted by Gasteiger charge is 2.26. The van der Waals surface area contributed by atoms with Gasteiger partial charge < -0.3 is 5.32 Å². The number of aryl methyl sites for hydroxylation is 1. The van der Waals surface area contributed by atoms with Gasteiger partial charge in [0.2, 0.25) is 15.9 Å². The third-order valence-corrected chi connectivity index (χ3v) is 5.74. The molecule has 1 aliphatic rings. The molecule has 7 heteroatoms. The first kappa shape index (κ1) is 17.8. The van der Waals surface area contributed by atoms with Gasteiger partial charge in [0.25, 0.3) is 0 Å². The van der Waals surface area contributed by atoms with Crippen LogP contribution in [0.15, 0.2) is 42.5 Å². The van der Waals surface area contributed by atoms with Crippen LogP contribution in [0.2, 0.25) is 5.02 Å². The molecule has 0 saturated heterocycles. The number of halogens is 1. The van der Waals surface area contributed by atoms with Crippen LogP contribution in [0.25, 0.3) is 0 Å². The van der Waals surface area contributed by atoms with Crippen molar-refractivity contribution in [3.63, 3.8) is 0 Å². The largest absolute Gasteiger partial charge is 0.326 e. The normalized spacial score (nSPS) is 13.6. The molecular weight excluding hydrogens is 360 g/mol. The van der Waals surface area contributed by atoms with E-state index in [0.717, 1.165) is 11.1 Å². The molecule has 1 amide bonds. The first-order valence-corrected chi connectivity index (χ1v) is 10.2. The maximum absolute atomic E-state index is 12.2. The smallest absolute Gasteiger partial charge is 0.232 e. The van der Waals surface area contributed by atoms with E-state index in [4.69, 9.17) is 11.6 Å². The lowest BCUT2D eigenvalue weighted by Crippen LogP contribution is -2.27. The van der Waals surface area contributed by atoms with E-state index in [2.05, 4.69) is 5.32 Å². The first-order chi connectivity index (χ1) is 11.8. The average molecular weight is 379 g/mol. The molecule has 1 heterocycles. The lowest BCUT2D eigenvalue weighted by atomic mass is 10.1. The number of amides is 1. The SMILES string of the molecule is CS(=O)(=O)N1CCc2cc(NC(=O)CCc3ccccc3Cl)ccc21. The van der Waals surface area contributed by atoms with Gasteiger partial charge in [-0.2, -0.15) is 0 Å². The van der Waals surface area contributed by atoms with Crippen molar-refractivity contribution in [2.24, 2.45) is 0 Å². The standard InChI is InChI=1S/C18H19ClN2O3S/c1-25(23,24)21-11-10-14-12-15(7-8-17(14)21)20-18(22)9-6-13-4-2-3-5-16(13)19/h2-5,7-8,12H,6,9-11H2,1H3,(H,20,22). The number of nitrogens with one attached hydrogen (secondary N) is 1. The molecule has 132 valence electrons. The monoisotopic (exact) mass is 378 g/mol. The maximum Gasteiger partial charge on any atom is 0.232 e. The number of carbonyl (C=O) groups excluding carboxylic acids is 1. The molecule has 0 radical (unpaired) electrons. The molecule has 0 atom stereocenters. The van der Waals surface area contributed by atoms with Gasteiger partial charge in [-0.25, -0.2) is 8.42 Å². The molecule has 2 aromatic carbocycles. The minimum Gasteiger partial charge on any atom is -0.326 e. The van der Waals surface area contributed by atoms with Crippen molar-refractivity contribution in [2.75, 3.05) is 22.4 Å². The Morgan fingerprint density at radius 1 is 1.24 bits per heavy atom. The number of hydrogen-bond donors (Lipinski definition) is 1. The van der Waals surface area contributed by atoms with Gasteiger partial charge in [-0.1, -0.05) is 29.8 Å². The van der Waals surface area contributed by atoms with Crippen molar-refractivity contribution in [3.05, 3.63) is 58.6 Å². The Labute approximate surface area is 152 Å². The van der Waals surface area contributed by atoms with Gasteiger partial charge >= 0.3 is 0 Å². The lowest BCUT2D eigenvalue weighted by Gasteiger charge is -2.16. The van der Waals surface area contributed by atoms with E-state index in [0.29, 0.717) is 42.2 Å². The van der Waals surface area contributed by atoms with Gasteiger partial charge in [-0.05, 0) is 48.2 Å². The quantitative estimate of drug-likeness (QED) is 0.868. The molecule has 0 aromatic heterocycles. The molecule has 1 aliphatic heterocycles. The van der Waals surface area contributed by atoms with E-state index in [1.54, 1.807) is 12.1 Å². The third kappa shape index (κ3) is 4.14. The van der Waals surface area contributed by atoms with E-state index in [1.165, 1.54) is 10.6 Å². The van der Waals surface area contributed by atoms with Gasteiger partial charge in [0.1, 0.15) is 0 Å². The molecule has 2 aromatic rings. The van der Waals surface area contributed by atoms with Crippen molar-refractivity contribution >= 4 is 38.9 Å². The molecule has 0 unspecified atom stereocenters. The molecule has 0 fully saturated rings. The van der Waals surface area contributed by atoms with Crippen molar-refractivity contribution in [2.45, 2.75) is 19.3 Å². The fraction of sp³-hybridized carbons (Fsp3) is 0.278. The maximum atomic E-state index is 12.2. The molecule has 5 nitrogen and oxygen atoms in total. The summed E-state index contributed by atoms with van der Waals surface area (Å²) in [7, 11) is -3.26. The highest BCUT2D eigenvalue weighted by Crippen LogP contribution is 2.32. The molecule has 0 bridgehead atoms. The van der Waals surface area contributed by atoms with Crippen LogP contribution in [0.5, 0.6) is 0 Å². The Morgan fingerprint density at radius 2 is 2.00 bits per heavy atom. The van der Waals surface area contributed by atoms with Crippen molar-refractivity contribution in [3.8, 4) is 0 Å². The molecule has 1 N–H and O–H groups in total. The van der Waals surface area contributed by atoms with Gasteiger partial charge in [-0.15, -0.1) is 0 Å². The number of rotatable bonds is 5. The number of benzene rings is 2. The van der Waals surface area contributed by atoms with Crippen LogP contribution >= 0.6 is 11.6 Å². The van der Waals surface area contributed by atoms with E-state index in [1.807, 2.05) is 30.3 Å². The summed E-state index contributed by atoms with van der Waals surface area (Å²) in [5, 5.41) is 3.53. The summed E-state index contributed by atoms with van der Waals surface area (Å²) >= 11 is 6.10. The highest BCUT2D eigenvalue weighted by molar-refractivity contribution is 7.92. The minimum absolute atomic E-state index is 0.0992. The number of sulfonamides is 1. The summed E-state index contributed by atoms with van der Waals surface area (Å²) in [6.07, 6.45) is 2.74. The zero-order valence-electron chi connectivity index (χ0n) is 13.8. The average Bonchev–Trinajstić information content (AvgIpc) is 2.97. The summed E-state index contributed by atoms with van der Waals surface area (Å²) < 4.78 is 24.9. The van der Waals surface area contributed by atoms with Crippen LogP contribution in [0.4, 0.5) is 11.4 Å². The van der Waals surface area contributed by atoms with Crippen LogP contribution in [-0.4, -0.2) is 27.1 Å². The van der Waals surface area contributed by atoms with Crippen LogP contribution < -0.4 is 9.62 Å². The van der Waals surface area contributed by atoms with Gasteiger partial charge in [-0.3, -0.25) is 9.10 Å². The number of nitrogens with zero attached hydrogens (tertiary/aromatic N) is 1. The molecule has 3 rings (SSSR count). The Hall–Kier alpha value is -2.05. The number of carbonyl (C=O) groups is 1. The van der Waals surface area contributed by atoms with E-state index >= 15 is 0 Å². The van der Waals surface area contributed by atoms with Gasteiger partial charge in [0, 0.05) is 23.7 Å².